The van der Waals surface area contributed by atoms with E-state index in [1.54, 1.807) is 0 Å². The third-order valence-corrected chi connectivity index (χ3v) is 6.73. The van der Waals surface area contributed by atoms with E-state index in [0.717, 1.165) is 62.5 Å². The number of rotatable bonds is 16. The molecule has 0 spiro atoms. The van der Waals surface area contributed by atoms with Crippen molar-refractivity contribution >= 4 is 27.1 Å². The van der Waals surface area contributed by atoms with Crippen molar-refractivity contribution in [2.24, 2.45) is 0 Å². The zero-order valence-electron chi connectivity index (χ0n) is 19.1. The molecule has 0 saturated carbocycles. The number of carbonyl (C=O) groups is 1. The van der Waals surface area contributed by atoms with Crippen LogP contribution in [0.2, 0.25) is 0 Å². The molecule has 0 aliphatic rings. The lowest BCUT2D eigenvalue weighted by molar-refractivity contribution is -0.121. The van der Waals surface area contributed by atoms with E-state index in [2.05, 4.69) is 83.2 Å². The van der Waals surface area contributed by atoms with Gasteiger partial charge < -0.3 is 5.32 Å². The lowest BCUT2D eigenvalue weighted by Gasteiger charge is -2.01. The summed E-state index contributed by atoms with van der Waals surface area (Å²) in [5.74, 6) is -0.0755. The standard InChI is InChI=1S/C24H35N3O3S2/c1-3-4-5-6-7-8-9-10-11-12-13-14-15-16-17-18-19-20-22(28)25-21-23-26-27-24(31-23)32(2,29)30/h4-5,7-8,10-11,13-14,16-17H,3,6,9,12,15,18-21H2,1-2H3,(H,25,28). The molecule has 1 amide bonds. The lowest BCUT2D eigenvalue weighted by Crippen LogP contribution is -2.22. The predicted octanol–water partition coefficient (Wildman–Crippen LogP) is 5.48. The van der Waals surface area contributed by atoms with Gasteiger partial charge in [0.15, 0.2) is 0 Å². The molecule has 176 valence electrons. The molecule has 0 atom stereocenters. The maximum Gasteiger partial charge on any atom is 0.232 e. The largest absolute Gasteiger partial charge is 0.350 e. The van der Waals surface area contributed by atoms with Crippen molar-refractivity contribution in [3.05, 3.63) is 65.8 Å². The van der Waals surface area contributed by atoms with Crippen LogP contribution in [-0.4, -0.2) is 30.8 Å². The highest BCUT2D eigenvalue weighted by atomic mass is 32.2. The van der Waals surface area contributed by atoms with Gasteiger partial charge in [-0.05, 0) is 44.9 Å². The highest BCUT2D eigenvalue weighted by molar-refractivity contribution is 7.92. The third-order valence-electron chi connectivity index (χ3n) is 4.13. The van der Waals surface area contributed by atoms with Crippen molar-refractivity contribution < 1.29 is 13.2 Å². The maximum absolute atomic E-state index is 11.9. The molecular formula is C24H35N3O3S2. The Bertz CT molecular complexity index is 911. The molecule has 0 unspecified atom stereocenters. The summed E-state index contributed by atoms with van der Waals surface area (Å²) in [6, 6.07) is 0. The number of sulfone groups is 1. The van der Waals surface area contributed by atoms with Crippen LogP contribution >= 0.6 is 11.3 Å². The highest BCUT2D eigenvalue weighted by Gasteiger charge is 2.14. The molecule has 0 aliphatic heterocycles. The fraction of sp³-hybridized carbons (Fsp3) is 0.458. The number of carbonyl (C=O) groups excluding carboxylic acids is 1. The van der Waals surface area contributed by atoms with Crippen LogP contribution < -0.4 is 5.32 Å². The topological polar surface area (TPSA) is 89.0 Å². The summed E-state index contributed by atoms with van der Waals surface area (Å²) in [4.78, 5) is 11.9. The smallest absolute Gasteiger partial charge is 0.232 e. The Morgan fingerprint density at radius 3 is 1.91 bits per heavy atom. The van der Waals surface area contributed by atoms with Crippen molar-refractivity contribution in [3.8, 4) is 0 Å². The molecule has 0 fully saturated rings. The van der Waals surface area contributed by atoms with Gasteiger partial charge in [0.2, 0.25) is 20.1 Å². The zero-order valence-corrected chi connectivity index (χ0v) is 20.7. The number of aromatic nitrogens is 2. The molecule has 1 aromatic rings. The minimum atomic E-state index is -3.35. The number of nitrogens with one attached hydrogen (secondary N) is 1. The Kier molecular flexibility index (Phi) is 14.9. The van der Waals surface area contributed by atoms with Gasteiger partial charge in [0.1, 0.15) is 5.01 Å². The summed E-state index contributed by atoms with van der Waals surface area (Å²) in [6.07, 6.45) is 29.6. The van der Waals surface area contributed by atoms with E-state index in [9.17, 15) is 13.2 Å². The van der Waals surface area contributed by atoms with Crippen molar-refractivity contribution in [3.63, 3.8) is 0 Å². The van der Waals surface area contributed by atoms with Crippen LogP contribution in [0.15, 0.2) is 65.1 Å². The van der Waals surface area contributed by atoms with Crippen molar-refractivity contribution in [2.45, 2.75) is 69.2 Å². The third kappa shape index (κ3) is 14.6. The maximum atomic E-state index is 11.9. The number of hydrogen-bond donors (Lipinski definition) is 1. The summed E-state index contributed by atoms with van der Waals surface area (Å²) in [7, 11) is -3.35. The molecular weight excluding hydrogens is 442 g/mol. The van der Waals surface area contributed by atoms with E-state index < -0.39 is 9.84 Å². The van der Waals surface area contributed by atoms with E-state index in [4.69, 9.17) is 0 Å². The first-order chi connectivity index (χ1) is 15.4. The number of nitrogens with zero attached hydrogens (tertiary/aromatic N) is 2. The van der Waals surface area contributed by atoms with Crippen LogP contribution in [0, 0.1) is 0 Å². The second-order valence-corrected chi connectivity index (χ2v) is 10.4. The first-order valence-electron chi connectivity index (χ1n) is 11.0. The summed E-state index contributed by atoms with van der Waals surface area (Å²) in [5, 5.41) is 10.6. The average Bonchev–Trinajstić information content (AvgIpc) is 3.24. The lowest BCUT2D eigenvalue weighted by atomic mass is 10.2. The van der Waals surface area contributed by atoms with E-state index in [1.165, 1.54) is 0 Å². The van der Waals surface area contributed by atoms with Gasteiger partial charge in [0.05, 0.1) is 6.54 Å². The van der Waals surface area contributed by atoms with Crippen LogP contribution in [0.1, 0.15) is 63.3 Å². The molecule has 0 aliphatic carbocycles. The van der Waals surface area contributed by atoms with Crippen molar-refractivity contribution in [1.82, 2.24) is 15.5 Å². The van der Waals surface area contributed by atoms with Gasteiger partial charge in [0.25, 0.3) is 0 Å². The highest BCUT2D eigenvalue weighted by Crippen LogP contribution is 2.14. The molecule has 1 aromatic heterocycles. The second kappa shape index (κ2) is 17.3. The number of amides is 1. The van der Waals surface area contributed by atoms with Crippen LogP contribution in [0.25, 0.3) is 0 Å². The average molecular weight is 478 g/mol. The zero-order chi connectivity index (χ0) is 23.5. The normalized spacial score (nSPS) is 12.9. The Hall–Kier alpha value is -2.32. The second-order valence-electron chi connectivity index (χ2n) is 7.11. The summed E-state index contributed by atoms with van der Waals surface area (Å²) >= 11 is 0.981. The van der Waals surface area contributed by atoms with Crippen LogP contribution in [-0.2, 0) is 21.2 Å². The Labute approximate surface area is 196 Å². The van der Waals surface area contributed by atoms with Gasteiger partial charge in [0, 0.05) is 12.7 Å². The summed E-state index contributed by atoms with van der Waals surface area (Å²) in [5.41, 5.74) is 0. The molecule has 0 saturated heterocycles. The minimum Gasteiger partial charge on any atom is -0.350 e. The van der Waals surface area contributed by atoms with E-state index in [-0.39, 0.29) is 16.8 Å². The van der Waals surface area contributed by atoms with Gasteiger partial charge in [-0.1, -0.05) is 79.0 Å². The Morgan fingerprint density at radius 1 is 0.875 bits per heavy atom. The molecule has 1 N–H and O–H groups in total. The first kappa shape index (κ1) is 27.7. The van der Waals surface area contributed by atoms with Gasteiger partial charge in [-0.25, -0.2) is 8.42 Å². The van der Waals surface area contributed by atoms with Gasteiger partial charge in [-0.3, -0.25) is 4.79 Å². The summed E-state index contributed by atoms with van der Waals surface area (Å²) < 4.78 is 22.7. The van der Waals surface area contributed by atoms with E-state index in [1.807, 2.05) is 0 Å². The van der Waals surface area contributed by atoms with Crippen LogP contribution in [0.3, 0.4) is 0 Å². The Morgan fingerprint density at radius 2 is 1.41 bits per heavy atom. The summed E-state index contributed by atoms with van der Waals surface area (Å²) in [6.45, 7) is 2.34. The van der Waals surface area contributed by atoms with E-state index >= 15 is 0 Å². The molecule has 0 bridgehead atoms. The van der Waals surface area contributed by atoms with Crippen LogP contribution in [0.5, 0.6) is 0 Å². The molecule has 0 radical (unpaired) electrons. The predicted molar refractivity (Wildman–Crippen MR) is 133 cm³/mol. The fourth-order valence-corrected chi connectivity index (χ4v) is 4.06. The number of allylic oxidation sites excluding steroid dienone is 10. The van der Waals surface area contributed by atoms with E-state index in [0.29, 0.717) is 11.4 Å². The number of unbranched alkanes of at least 4 members (excludes halogenated alkanes) is 1. The van der Waals surface area contributed by atoms with Gasteiger partial charge in [-0.15, -0.1) is 10.2 Å². The van der Waals surface area contributed by atoms with Gasteiger partial charge in [-0.2, -0.15) is 0 Å². The molecule has 6 nitrogen and oxygen atoms in total. The fourth-order valence-electron chi connectivity index (χ4n) is 2.47. The Balaban J connectivity index is 2.04. The molecule has 8 heteroatoms. The van der Waals surface area contributed by atoms with Crippen LogP contribution in [0.4, 0.5) is 0 Å². The quantitative estimate of drug-likeness (QED) is 0.252. The molecule has 1 rings (SSSR count). The first-order valence-corrected chi connectivity index (χ1v) is 13.7. The SMILES string of the molecule is CCC=CCC=CCC=CCC=CCC=CCCCC(=O)NCc1nnc(S(C)(=O)=O)s1. The minimum absolute atomic E-state index is 0.0276. The molecule has 0 aromatic carbocycles. The van der Waals surface area contributed by atoms with Gasteiger partial charge >= 0.3 is 0 Å². The van der Waals surface area contributed by atoms with Crippen molar-refractivity contribution in [1.29, 1.82) is 0 Å². The number of hydrogen-bond acceptors (Lipinski definition) is 6. The monoisotopic (exact) mass is 477 g/mol. The molecule has 32 heavy (non-hydrogen) atoms. The van der Waals surface area contributed by atoms with Crippen molar-refractivity contribution in [2.75, 3.05) is 6.26 Å². The molecule has 1 heterocycles.